The van der Waals surface area contributed by atoms with Gasteiger partial charge >= 0.3 is 12.1 Å². The molecule has 1 aromatic carbocycles. The van der Waals surface area contributed by atoms with Crippen molar-refractivity contribution in [3.05, 3.63) is 29.3 Å². The van der Waals surface area contributed by atoms with Crippen molar-refractivity contribution in [3.8, 4) is 0 Å². The van der Waals surface area contributed by atoms with Crippen LogP contribution in [0.25, 0.3) is 0 Å². The zero-order chi connectivity index (χ0) is 15.0. The highest BCUT2D eigenvalue weighted by atomic mass is 19.4. The average molecular weight is 287 g/mol. The Labute approximate surface area is 114 Å². The quantitative estimate of drug-likeness (QED) is 0.879. The van der Waals surface area contributed by atoms with Crippen LogP contribution in [0.15, 0.2) is 18.2 Å². The minimum atomic E-state index is -4.66. The molecule has 1 fully saturated rings. The molecule has 0 atom stereocenters. The van der Waals surface area contributed by atoms with E-state index < -0.39 is 23.3 Å². The summed E-state index contributed by atoms with van der Waals surface area (Å²) in [4.78, 5) is 11.0. The first-order valence-corrected chi connectivity index (χ1v) is 6.40. The van der Waals surface area contributed by atoms with Crippen molar-refractivity contribution in [3.63, 3.8) is 0 Å². The Kier molecular flexibility index (Phi) is 3.67. The van der Waals surface area contributed by atoms with E-state index in [2.05, 4.69) is 12.2 Å². The first kappa shape index (κ1) is 14.7. The zero-order valence-electron chi connectivity index (χ0n) is 11.0. The number of carbonyl (C=O) groups is 1. The summed E-state index contributed by atoms with van der Waals surface area (Å²) < 4.78 is 38.1. The van der Waals surface area contributed by atoms with Crippen LogP contribution in [0.4, 0.5) is 18.9 Å². The summed E-state index contributed by atoms with van der Waals surface area (Å²) >= 11 is 0. The van der Waals surface area contributed by atoms with Crippen molar-refractivity contribution in [2.75, 3.05) is 11.9 Å². The molecule has 1 aromatic rings. The second-order valence-corrected chi connectivity index (χ2v) is 5.58. The molecule has 0 bridgehead atoms. The Balaban J connectivity index is 2.19. The van der Waals surface area contributed by atoms with Gasteiger partial charge < -0.3 is 10.4 Å². The number of rotatable bonds is 4. The molecule has 0 saturated heterocycles. The Morgan fingerprint density at radius 3 is 2.50 bits per heavy atom. The van der Waals surface area contributed by atoms with Crippen molar-refractivity contribution >= 4 is 11.7 Å². The van der Waals surface area contributed by atoms with Gasteiger partial charge in [0, 0.05) is 12.2 Å². The second kappa shape index (κ2) is 5.00. The standard InChI is InChI=1S/C14H16F3NO2/c1-13(5-2-6-13)8-18-9-3-4-11(14(15,16)17)10(7-9)12(19)20/h3-4,7,18H,2,5-6,8H2,1H3,(H,19,20). The molecule has 6 heteroatoms. The summed E-state index contributed by atoms with van der Waals surface area (Å²) in [7, 11) is 0. The maximum atomic E-state index is 12.7. The van der Waals surface area contributed by atoms with Crippen molar-refractivity contribution in [1.82, 2.24) is 0 Å². The number of alkyl halides is 3. The molecule has 2 N–H and O–H groups in total. The van der Waals surface area contributed by atoms with Gasteiger partial charge in [-0.15, -0.1) is 0 Å². The largest absolute Gasteiger partial charge is 0.478 e. The number of anilines is 1. The number of aromatic carboxylic acids is 1. The second-order valence-electron chi connectivity index (χ2n) is 5.58. The van der Waals surface area contributed by atoms with Crippen LogP contribution in [0.5, 0.6) is 0 Å². The summed E-state index contributed by atoms with van der Waals surface area (Å²) in [6, 6.07) is 3.14. The molecule has 1 aliphatic rings. The van der Waals surface area contributed by atoms with Crippen LogP contribution >= 0.6 is 0 Å². The Morgan fingerprint density at radius 2 is 2.05 bits per heavy atom. The smallest absolute Gasteiger partial charge is 0.417 e. The lowest BCUT2D eigenvalue weighted by Gasteiger charge is -2.38. The molecule has 0 unspecified atom stereocenters. The highest BCUT2D eigenvalue weighted by Crippen LogP contribution is 2.40. The first-order valence-electron chi connectivity index (χ1n) is 6.40. The fraction of sp³-hybridized carbons (Fsp3) is 0.500. The van der Waals surface area contributed by atoms with E-state index >= 15 is 0 Å². The number of hydrogen-bond acceptors (Lipinski definition) is 2. The predicted octanol–water partition coefficient (Wildman–Crippen LogP) is 4.01. The lowest BCUT2D eigenvalue weighted by atomic mass is 9.70. The van der Waals surface area contributed by atoms with Gasteiger partial charge in [-0.05, 0) is 36.5 Å². The maximum Gasteiger partial charge on any atom is 0.417 e. The van der Waals surface area contributed by atoms with Crippen LogP contribution in [0.3, 0.4) is 0 Å². The molecule has 2 rings (SSSR count). The number of benzene rings is 1. The summed E-state index contributed by atoms with van der Waals surface area (Å²) in [5.41, 5.74) is -1.28. The van der Waals surface area contributed by atoms with Gasteiger partial charge in [-0.25, -0.2) is 4.79 Å². The average Bonchev–Trinajstić information content (AvgIpc) is 2.32. The number of carboxylic acid groups (broad SMARTS) is 1. The van der Waals surface area contributed by atoms with Crippen molar-refractivity contribution in [2.24, 2.45) is 5.41 Å². The number of halogens is 3. The predicted molar refractivity (Wildman–Crippen MR) is 68.9 cm³/mol. The van der Waals surface area contributed by atoms with Gasteiger partial charge in [0.15, 0.2) is 0 Å². The fourth-order valence-corrected chi connectivity index (χ4v) is 2.35. The highest BCUT2D eigenvalue weighted by molar-refractivity contribution is 5.91. The monoisotopic (exact) mass is 287 g/mol. The SMILES string of the molecule is CC1(CNc2ccc(C(F)(F)F)c(C(=O)O)c2)CCC1. The van der Waals surface area contributed by atoms with Crippen LogP contribution in [-0.2, 0) is 6.18 Å². The number of carboxylic acids is 1. The van der Waals surface area contributed by atoms with Gasteiger partial charge in [-0.3, -0.25) is 0 Å². The highest BCUT2D eigenvalue weighted by Gasteiger charge is 2.35. The minimum Gasteiger partial charge on any atom is -0.478 e. The van der Waals surface area contributed by atoms with Gasteiger partial charge in [0.05, 0.1) is 11.1 Å². The lowest BCUT2D eigenvalue weighted by molar-refractivity contribution is -0.138. The zero-order valence-corrected chi connectivity index (χ0v) is 11.0. The van der Waals surface area contributed by atoms with E-state index in [0.717, 1.165) is 31.4 Å². The summed E-state index contributed by atoms with van der Waals surface area (Å²) in [6.45, 7) is 2.74. The molecule has 0 aromatic heterocycles. The van der Waals surface area contributed by atoms with Crippen LogP contribution in [0.2, 0.25) is 0 Å². The fourth-order valence-electron chi connectivity index (χ4n) is 2.35. The van der Waals surface area contributed by atoms with Crippen LogP contribution in [0.1, 0.15) is 42.1 Å². The van der Waals surface area contributed by atoms with Crippen molar-refractivity contribution in [2.45, 2.75) is 32.4 Å². The Morgan fingerprint density at radius 1 is 1.40 bits per heavy atom. The molecule has 1 aliphatic carbocycles. The Hall–Kier alpha value is -1.72. The molecule has 0 radical (unpaired) electrons. The van der Waals surface area contributed by atoms with E-state index in [-0.39, 0.29) is 5.41 Å². The summed E-state index contributed by atoms with van der Waals surface area (Å²) in [5, 5.41) is 11.9. The van der Waals surface area contributed by atoms with Gasteiger partial charge in [0.2, 0.25) is 0 Å². The van der Waals surface area contributed by atoms with Crippen LogP contribution < -0.4 is 5.32 Å². The lowest BCUT2D eigenvalue weighted by Crippen LogP contribution is -2.33. The van der Waals surface area contributed by atoms with Crippen molar-refractivity contribution in [1.29, 1.82) is 0 Å². The van der Waals surface area contributed by atoms with E-state index in [0.29, 0.717) is 12.2 Å². The van der Waals surface area contributed by atoms with E-state index in [9.17, 15) is 18.0 Å². The maximum absolute atomic E-state index is 12.7. The minimum absolute atomic E-state index is 0.159. The summed E-state index contributed by atoms with van der Waals surface area (Å²) in [5.74, 6) is -1.57. The third-order valence-corrected chi connectivity index (χ3v) is 3.84. The van der Waals surface area contributed by atoms with E-state index in [1.165, 1.54) is 6.07 Å². The number of nitrogens with one attached hydrogen (secondary N) is 1. The van der Waals surface area contributed by atoms with Gasteiger partial charge in [0.25, 0.3) is 0 Å². The molecular formula is C14H16F3NO2. The molecule has 0 aliphatic heterocycles. The third kappa shape index (κ3) is 3.05. The first-order chi connectivity index (χ1) is 9.21. The molecule has 3 nitrogen and oxygen atoms in total. The normalized spacial score (nSPS) is 17.4. The topological polar surface area (TPSA) is 49.3 Å². The molecule has 0 amide bonds. The molecular weight excluding hydrogens is 271 g/mol. The molecule has 20 heavy (non-hydrogen) atoms. The molecule has 0 spiro atoms. The van der Waals surface area contributed by atoms with Gasteiger partial charge in [-0.1, -0.05) is 13.3 Å². The molecule has 1 saturated carbocycles. The van der Waals surface area contributed by atoms with Gasteiger partial charge in [-0.2, -0.15) is 13.2 Å². The van der Waals surface area contributed by atoms with Crippen molar-refractivity contribution < 1.29 is 23.1 Å². The Bertz CT molecular complexity index is 522. The van der Waals surface area contributed by atoms with E-state index in [4.69, 9.17) is 5.11 Å². The van der Waals surface area contributed by atoms with E-state index in [1.54, 1.807) is 0 Å². The van der Waals surface area contributed by atoms with E-state index in [1.807, 2.05) is 0 Å². The molecule has 0 heterocycles. The summed E-state index contributed by atoms with van der Waals surface area (Å²) in [6.07, 6.45) is -1.35. The number of hydrogen-bond donors (Lipinski definition) is 2. The van der Waals surface area contributed by atoms with Crippen LogP contribution in [-0.4, -0.2) is 17.6 Å². The van der Waals surface area contributed by atoms with Gasteiger partial charge in [0.1, 0.15) is 0 Å². The molecule has 110 valence electrons. The third-order valence-electron chi connectivity index (χ3n) is 3.84. The van der Waals surface area contributed by atoms with Crippen LogP contribution in [0, 0.1) is 5.41 Å².